The molecule has 1 aromatic heterocycles. The van der Waals surface area contributed by atoms with Crippen LogP contribution >= 0.6 is 11.3 Å². The molecule has 0 saturated carbocycles. The van der Waals surface area contributed by atoms with Crippen LogP contribution in [0.1, 0.15) is 29.0 Å². The fourth-order valence-corrected chi connectivity index (χ4v) is 2.73. The summed E-state index contributed by atoms with van der Waals surface area (Å²) >= 11 is 1.51. The Morgan fingerprint density at radius 3 is 3.12 bits per heavy atom. The molecule has 0 aliphatic carbocycles. The van der Waals surface area contributed by atoms with Crippen molar-refractivity contribution in [3.8, 4) is 0 Å². The summed E-state index contributed by atoms with van der Waals surface area (Å²) in [5.41, 5.74) is 4.95. The van der Waals surface area contributed by atoms with E-state index in [1.165, 1.54) is 22.5 Å². The molecule has 1 aliphatic rings. The summed E-state index contributed by atoms with van der Waals surface area (Å²) in [6.07, 6.45) is -0.560. The molecule has 1 aliphatic heterocycles. The Bertz CT molecular complexity index is 484. The van der Waals surface area contributed by atoms with Crippen LogP contribution in [0.15, 0.2) is 35.2 Å². The van der Waals surface area contributed by atoms with Crippen LogP contribution in [0.5, 0.6) is 0 Å². The van der Waals surface area contributed by atoms with Gasteiger partial charge in [0.25, 0.3) is 0 Å². The number of aromatic nitrogens is 1. The summed E-state index contributed by atoms with van der Waals surface area (Å²) in [6, 6.07) is 8.16. The second kappa shape index (κ2) is 3.97. The number of fused-ring (bicyclic) bond motifs is 1. The van der Waals surface area contributed by atoms with E-state index in [1.807, 2.05) is 17.5 Å². The van der Waals surface area contributed by atoms with Gasteiger partial charge in [-0.3, -0.25) is 0 Å². The van der Waals surface area contributed by atoms with E-state index in [0.29, 0.717) is 0 Å². The van der Waals surface area contributed by atoms with Crippen molar-refractivity contribution >= 4 is 11.3 Å². The zero-order valence-electron chi connectivity index (χ0n) is 8.63. The smallest absolute Gasteiger partial charge is 0.116 e. The van der Waals surface area contributed by atoms with Gasteiger partial charge in [-0.25, -0.2) is 4.98 Å². The van der Waals surface area contributed by atoms with Gasteiger partial charge in [0.1, 0.15) is 6.10 Å². The van der Waals surface area contributed by atoms with Crippen LogP contribution in [0.2, 0.25) is 0 Å². The first-order chi connectivity index (χ1) is 7.86. The van der Waals surface area contributed by atoms with Crippen molar-refractivity contribution in [1.29, 1.82) is 0 Å². The molecule has 2 atom stereocenters. The summed E-state index contributed by atoms with van der Waals surface area (Å²) in [7, 11) is 0. The molecule has 2 aromatic rings. The zero-order chi connectivity index (χ0) is 11.0. The minimum absolute atomic E-state index is 0.0294. The highest BCUT2D eigenvalue weighted by Crippen LogP contribution is 2.34. The maximum absolute atomic E-state index is 10.2. The molecule has 0 radical (unpaired) electrons. The Morgan fingerprint density at radius 1 is 1.44 bits per heavy atom. The average Bonchev–Trinajstić information content (AvgIpc) is 2.98. The molecule has 0 bridgehead atoms. The Hall–Kier alpha value is -1.23. The van der Waals surface area contributed by atoms with Crippen LogP contribution in [0.4, 0.5) is 0 Å². The van der Waals surface area contributed by atoms with Gasteiger partial charge < -0.3 is 10.4 Å². The number of benzene rings is 1. The molecule has 2 unspecified atom stereocenters. The normalized spacial score (nSPS) is 20.7. The highest BCUT2D eigenvalue weighted by molar-refractivity contribution is 7.07. The molecule has 0 amide bonds. The summed E-state index contributed by atoms with van der Waals surface area (Å²) in [4.78, 5) is 4.16. The standard InChI is InChI=1S/C12H12N2OS/c15-12(10-6-16-7-14-10)11-9-4-2-1-3-8(9)5-13-11/h1-4,6-7,11-13,15H,5H2. The molecule has 16 heavy (non-hydrogen) atoms. The van der Waals surface area contributed by atoms with Crippen molar-refractivity contribution in [1.82, 2.24) is 10.3 Å². The largest absolute Gasteiger partial charge is 0.385 e. The number of nitrogens with one attached hydrogen (secondary N) is 1. The summed E-state index contributed by atoms with van der Waals surface area (Å²) in [5, 5.41) is 15.5. The number of aliphatic hydroxyl groups excluding tert-OH is 1. The van der Waals surface area contributed by atoms with E-state index in [9.17, 15) is 5.11 Å². The molecule has 4 heteroatoms. The molecule has 0 fully saturated rings. The highest BCUT2D eigenvalue weighted by atomic mass is 32.1. The van der Waals surface area contributed by atoms with Crippen LogP contribution in [0.3, 0.4) is 0 Å². The van der Waals surface area contributed by atoms with Crippen LogP contribution in [0.25, 0.3) is 0 Å². The number of rotatable bonds is 2. The van der Waals surface area contributed by atoms with Gasteiger partial charge in [0.15, 0.2) is 0 Å². The van der Waals surface area contributed by atoms with Crippen LogP contribution in [0, 0.1) is 0 Å². The Kier molecular flexibility index (Phi) is 2.47. The van der Waals surface area contributed by atoms with Crippen molar-refractivity contribution in [2.45, 2.75) is 18.7 Å². The van der Waals surface area contributed by atoms with Gasteiger partial charge in [-0.05, 0) is 11.1 Å². The van der Waals surface area contributed by atoms with Crippen molar-refractivity contribution in [3.63, 3.8) is 0 Å². The summed E-state index contributed by atoms with van der Waals surface area (Å²) in [6.45, 7) is 0.821. The molecule has 0 spiro atoms. The topological polar surface area (TPSA) is 45.2 Å². The van der Waals surface area contributed by atoms with Gasteiger partial charge in [-0.2, -0.15) is 0 Å². The molecule has 2 heterocycles. The first-order valence-electron chi connectivity index (χ1n) is 5.23. The second-order valence-corrected chi connectivity index (χ2v) is 4.63. The maximum atomic E-state index is 10.2. The monoisotopic (exact) mass is 232 g/mol. The number of hydrogen-bond acceptors (Lipinski definition) is 4. The van der Waals surface area contributed by atoms with E-state index in [0.717, 1.165) is 12.2 Å². The lowest BCUT2D eigenvalue weighted by Crippen LogP contribution is -2.20. The highest BCUT2D eigenvalue weighted by Gasteiger charge is 2.29. The predicted molar refractivity (Wildman–Crippen MR) is 63.1 cm³/mol. The van der Waals surface area contributed by atoms with Gasteiger partial charge >= 0.3 is 0 Å². The average molecular weight is 232 g/mol. The quantitative estimate of drug-likeness (QED) is 0.832. The van der Waals surface area contributed by atoms with Gasteiger partial charge in [0.2, 0.25) is 0 Å². The third kappa shape index (κ3) is 1.55. The second-order valence-electron chi connectivity index (χ2n) is 3.92. The van der Waals surface area contributed by atoms with Crippen molar-refractivity contribution in [2.24, 2.45) is 0 Å². The van der Waals surface area contributed by atoms with Crippen LogP contribution in [-0.2, 0) is 6.54 Å². The van der Waals surface area contributed by atoms with E-state index >= 15 is 0 Å². The lowest BCUT2D eigenvalue weighted by atomic mass is 9.99. The van der Waals surface area contributed by atoms with Gasteiger partial charge in [0.05, 0.1) is 17.2 Å². The minimum atomic E-state index is -0.560. The van der Waals surface area contributed by atoms with E-state index in [4.69, 9.17) is 0 Å². The van der Waals surface area contributed by atoms with Crippen LogP contribution < -0.4 is 5.32 Å². The van der Waals surface area contributed by atoms with E-state index in [-0.39, 0.29) is 6.04 Å². The number of aliphatic hydroxyl groups is 1. The van der Waals surface area contributed by atoms with Crippen LogP contribution in [-0.4, -0.2) is 10.1 Å². The molecule has 3 rings (SSSR count). The Labute approximate surface area is 97.8 Å². The fourth-order valence-electron chi connectivity index (χ4n) is 2.15. The van der Waals surface area contributed by atoms with Gasteiger partial charge in [0, 0.05) is 11.9 Å². The predicted octanol–water partition coefficient (Wildman–Crippen LogP) is 2.02. The lowest BCUT2D eigenvalue weighted by molar-refractivity contribution is 0.130. The minimum Gasteiger partial charge on any atom is -0.385 e. The number of nitrogens with zero attached hydrogens (tertiary/aromatic N) is 1. The van der Waals surface area contributed by atoms with Crippen molar-refractivity contribution in [2.75, 3.05) is 0 Å². The molecule has 2 N–H and O–H groups in total. The maximum Gasteiger partial charge on any atom is 0.116 e. The van der Waals surface area contributed by atoms with E-state index in [2.05, 4.69) is 22.4 Å². The first-order valence-corrected chi connectivity index (χ1v) is 6.18. The van der Waals surface area contributed by atoms with Gasteiger partial charge in [-0.15, -0.1) is 11.3 Å². The third-order valence-electron chi connectivity index (χ3n) is 2.97. The fraction of sp³-hybridized carbons (Fsp3) is 0.250. The zero-order valence-corrected chi connectivity index (χ0v) is 9.45. The molecule has 82 valence electrons. The molecular formula is C12H12N2OS. The Balaban J connectivity index is 1.93. The lowest BCUT2D eigenvalue weighted by Gasteiger charge is -2.17. The first kappa shape index (κ1) is 9.96. The van der Waals surface area contributed by atoms with Gasteiger partial charge in [-0.1, -0.05) is 24.3 Å². The SMILES string of the molecule is OC(c1cscn1)C1NCc2ccccc21. The third-order valence-corrected chi connectivity index (χ3v) is 3.58. The van der Waals surface area contributed by atoms with Crippen molar-refractivity contribution < 1.29 is 5.11 Å². The molecular weight excluding hydrogens is 220 g/mol. The van der Waals surface area contributed by atoms with E-state index < -0.39 is 6.10 Å². The molecule has 1 aromatic carbocycles. The summed E-state index contributed by atoms with van der Waals surface area (Å²) < 4.78 is 0. The van der Waals surface area contributed by atoms with Crippen molar-refractivity contribution in [3.05, 3.63) is 52.0 Å². The number of thiazole rings is 1. The molecule has 0 saturated heterocycles. The Morgan fingerprint density at radius 2 is 2.31 bits per heavy atom. The summed E-state index contributed by atoms with van der Waals surface area (Å²) in [5.74, 6) is 0. The number of hydrogen-bond donors (Lipinski definition) is 2. The molecule has 3 nitrogen and oxygen atoms in total. The van der Waals surface area contributed by atoms with E-state index in [1.54, 1.807) is 5.51 Å².